The summed E-state index contributed by atoms with van der Waals surface area (Å²) in [6.07, 6.45) is 3.30. The number of carbonyl (C=O) groups excluding carboxylic acids is 2. The molecule has 8 heteroatoms. The van der Waals surface area contributed by atoms with Gasteiger partial charge in [0.05, 0.1) is 30.0 Å². The average molecular weight is 431 g/mol. The van der Waals surface area contributed by atoms with E-state index in [1.165, 1.54) is 18.2 Å². The lowest BCUT2D eigenvalue weighted by Gasteiger charge is -2.39. The number of nitrogens with zero attached hydrogens (tertiary/aromatic N) is 4. The van der Waals surface area contributed by atoms with Crippen LogP contribution in [-0.4, -0.2) is 75.3 Å². The maximum atomic E-state index is 13.0. The summed E-state index contributed by atoms with van der Waals surface area (Å²) in [4.78, 5) is 34.4. The van der Waals surface area contributed by atoms with Gasteiger partial charge in [-0.3, -0.25) is 9.59 Å². The number of hydrogen-bond donors (Lipinski definition) is 0. The van der Waals surface area contributed by atoms with Crippen LogP contribution in [-0.2, 0) is 20.9 Å². The van der Waals surface area contributed by atoms with E-state index in [-0.39, 0.29) is 30.4 Å². The van der Waals surface area contributed by atoms with Crippen LogP contribution in [0, 0.1) is 0 Å². The SMILES string of the molecule is C[C@@H]1CCC[C@@H](C)N1C(=O)CSc1nc2ccccc2n1CC(=O)N1CCOCC1. The molecule has 0 N–H and O–H groups in total. The minimum Gasteiger partial charge on any atom is -0.378 e. The summed E-state index contributed by atoms with van der Waals surface area (Å²) < 4.78 is 7.31. The van der Waals surface area contributed by atoms with Crippen molar-refractivity contribution >= 4 is 34.6 Å². The van der Waals surface area contributed by atoms with E-state index in [1.54, 1.807) is 0 Å². The first-order valence-electron chi connectivity index (χ1n) is 10.8. The Morgan fingerprint density at radius 1 is 1.10 bits per heavy atom. The van der Waals surface area contributed by atoms with Crippen LogP contribution in [0.15, 0.2) is 29.4 Å². The fourth-order valence-corrected chi connectivity index (χ4v) is 5.36. The predicted octanol–water partition coefficient (Wildman–Crippen LogP) is 2.78. The van der Waals surface area contributed by atoms with Crippen molar-refractivity contribution in [3.05, 3.63) is 24.3 Å². The van der Waals surface area contributed by atoms with Crippen LogP contribution >= 0.6 is 11.8 Å². The lowest BCUT2D eigenvalue weighted by atomic mass is 9.98. The van der Waals surface area contributed by atoms with Crippen LogP contribution in [0.5, 0.6) is 0 Å². The van der Waals surface area contributed by atoms with Gasteiger partial charge in [0.25, 0.3) is 0 Å². The molecule has 2 aliphatic rings. The highest BCUT2D eigenvalue weighted by molar-refractivity contribution is 7.99. The molecule has 162 valence electrons. The second kappa shape index (κ2) is 9.39. The van der Waals surface area contributed by atoms with Gasteiger partial charge in [0.1, 0.15) is 6.54 Å². The maximum absolute atomic E-state index is 13.0. The zero-order valence-electron chi connectivity index (χ0n) is 17.7. The highest BCUT2D eigenvalue weighted by atomic mass is 32.2. The van der Waals surface area contributed by atoms with Crippen molar-refractivity contribution in [3.8, 4) is 0 Å². The molecule has 7 nitrogen and oxygen atoms in total. The third kappa shape index (κ3) is 4.49. The molecule has 2 atom stereocenters. The van der Waals surface area contributed by atoms with E-state index < -0.39 is 0 Å². The van der Waals surface area contributed by atoms with E-state index >= 15 is 0 Å². The molecule has 0 aliphatic carbocycles. The number of morpholine rings is 1. The van der Waals surface area contributed by atoms with Gasteiger partial charge in [-0.15, -0.1) is 0 Å². The standard InChI is InChI=1S/C22H30N4O3S/c1-16-6-5-7-17(2)26(16)21(28)15-30-22-23-18-8-3-4-9-19(18)25(22)14-20(27)24-10-12-29-13-11-24/h3-4,8-9,16-17H,5-7,10-15H2,1-2H3/t16-,17-/m1/s1. The summed E-state index contributed by atoms with van der Waals surface area (Å²) in [5, 5.41) is 0.725. The van der Waals surface area contributed by atoms with Gasteiger partial charge in [0.15, 0.2) is 5.16 Å². The quantitative estimate of drug-likeness (QED) is 0.683. The number of piperidine rings is 1. The number of fused-ring (bicyclic) bond motifs is 1. The summed E-state index contributed by atoms with van der Waals surface area (Å²) in [6, 6.07) is 8.39. The Labute approximate surface area is 181 Å². The summed E-state index contributed by atoms with van der Waals surface area (Å²) in [5.41, 5.74) is 1.77. The summed E-state index contributed by atoms with van der Waals surface area (Å²) in [6.45, 7) is 6.91. The highest BCUT2D eigenvalue weighted by Crippen LogP contribution is 2.27. The Hall–Kier alpha value is -2.06. The van der Waals surface area contributed by atoms with Crippen LogP contribution in [0.4, 0.5) is 0 Å². The zero-order valence-corrected chi connectivity index (χ0v) is 18.6. The topological polar surface area (TPSA) is 67.7 Å². The van der Waals surface area contributed by atoms with Crippen molar-refractivity contribution in [3.63, 3.8) is 0 Å². The van der Waals surface area contributed by atoms with Gasteiger partial charge in [-0.2, -0.15) is 0 Å². The molecule has 1 aromatic carbocycles. The fraction of sp³-hybridized carbons (Fsp3) is 0.591. The molecule has 0 unspecified atom stereocenters. The van der Waals surface area contributed by atoms with Crippen LogP contribution in [0.25, 0.3) is 11.0 Å². The van der Waals surface area contributed by atoms with E-state index in [4.69, 9.17) is 9.72 Å². The highest BCUT2D eigenvalue weighted by Gasteiger charge is 2.29. The van der Waals surface area contributed by atoms with Gasteiger partial charge in [-0.1, -0.05) is 23.9 Å². The third-order valence-electron chi connectivity index (χ3n) is 6.08. The monoisotopic (exact) mass is 430 g/mol. The molecule has 2 aromatic rings. The summed E-state index contributed by atoms with van der Waals surface area (Å²) in [7, 11) is 0. The fourth-order valence-electron chi connectivity index (χ4n) is 4.48. The van der Waals surface area contributed by atoms with Crippen molar-refractivity contribution in [1.29, 1.82) is 0 Å². The second-order valence-electron chi connectivity index (χ2n) is 8.18. The molecule has 2 amide bonds. The Morgan fingerprint density at radius 2 is 1.80 bits per heavy atom. The molecule has 2 saturated heterocycles. The van der Waals surface area contributed by atoms with Crippen LogP contribution < -0.4 is 0 Å². The van der Waals surface area contributed by atoms with E-state index in [0.717, 1.165) is 29.0 Å². The molecule has 3 heterocycles. The number of ether oxygens (including phenoxy) is 1. The molecule has 0 bridgehead atoms. The van der Waals surface area contributed by atoms with Crippen molar-refractivity contribution in [2.45, 2.75) is 56.9 Å². The number of benzene rings is 1. The van der Waals surface area contributed by atoms with Gasteiger partial charge < -0.3 is 19.1 Å². The number of amides is 2. The molecule has 30 heavy (non-hydrogen) atoms. The van der Waals surface area contributed by atoms with Gasteiger partial charge in [0.2, 0.25) is 11.8 Å². The smallest absolute Gasteiger partial charge is 0.242 e. The summed E-state index contributed by atoms with van der Waals surface area (Å²) >= 11 is 1.43. The molecule has 0 saturated carbocycles. The number of hydrogen-bond acceptors (Lipinski definition) is 5. The number of thioether (sulfide) groups is 1. The van der Waals surface area contributed by atoms with Crippen molar-refractivity contribution < 1.29 is 14.3 Å². The Balaban J connectivity index is 1.51. The third-order valence-corrected chi connectivity index (χ3v) is 7.04. The minimum atomic E-state index is 0.0629. The number of carbonyl (C=O) groups is 2. The molecule has 2 aliphatic heterocycles. The molecule has 2 fully saturated rings. The molecule has 4 rings (SSSR count). The van der Waals surface area contributed by atoms with Crippen LogP contribution in [0.2, 0.25) is 0 Å². The molecule has 0 radical (unpaired) electrons. The molecular weight excluding hydrogens is 400 g/mol. The zero-order chi connectivity index (χ0) is 21.1. The van der Waals surface area contributed by atoms with E-state index in [9.17, 15) is 9.59 Å². The van der Waals surface area contributed by atoms with Crippen molar-refractivity contribution in [2.24, 2.45) is 0 Å². The maximum Gasteiger partial charge on any atom is 0.242 e. The predicted molar refractivity (Wildman–Crippen MR) is 117 cm³/mol. The molecular formula is C22H30N4O3S. The normalized spacial score (nSPS) is 22.5. The lowest BCUT2D eigenvalue weighted by molar-refractivity contribution is -0.136. The van der Waals surface area contributed by atoms with Crippen LogP contribution in [0.3, 0.4) is 0 Å². The number of rotatable bonds is 5. The Bertz CT molecular complexity index is 899. The number of likely N-dealkylation sites (tertiary alicyclic amines) is 1. The summed E-state index contributed by atoms with van der Waals surface area (Å²) in [5.74, 6) is 0.551. The van der Waals surface area contributed by atoms with Crippen molar-refractivity contribution in [2.75, 3.05) is 32.1 Å². The largest absolute Gasteiger partial charge is 0.378 e. The average Bonchev–Trinajstić information content (AvgIpc) is 3.10. The number of imidazole rings is 1. The Morgan fingerprint density at radius 3 is 2.53 bits per heavy atom. The first-order chi connectivity index (χ1) is 14.5. The van der Waals surface area contributed by atoms with E-state index in [2.05, 4.69) is 13.8 Å². The van der Waals surface area contributed by atoms with Gasteiger partial charge in [0, 0.05) is 25.2 Å². The number of para-hydroxylation sites is 2. The minimum absolute atomic E-state index is 0.0629. The molecule has 1 aromatic heterocycles. The number of aromatic nitrogens is 2. The van der Waals surface area contributed by atoms with Crippen LogP contribution in [0.1, 0.15) is 33.1 Å². The molecule has 0 spiro atoms. The lowest BCUT2D eigenvalue weighted by Crippen LogP contribution is -2.48. The van der Waals surface area contributed by atoms with E-state index in [0.29, 0.717) is 32.1 Å². The van der Waals surface area contributed by atoms with Gasteiger partial charge in [-0.05, 0) is 45.2 Å². The van der Waals surface area contributed by atoms with Gasteiger partial charge >= 0.3 is 0 Å². The van der Waals surface area contributed by atoms with Crippen molar-refractivity contribution in [1.82, 2.24) is 19.4 Å². The second-order valence-corrected chi connectivity index (χ2v) is 9.12. The van der Waals surface area contributed by atoms with E-state index in [1.807, 2.05) is 38.6 Å². The Kier molecular flexibility index (Phi) is 6.63. The first-order valence-corrected chi connectivity index (χ1v) is 11.8. The first kappa shape index (κ1) is 21.2. The van der Waals surface area contributed by atoms with Gasteiger partial charge in [-0.25, -0.2) is 4.98 Å².